The highest BCUT2D eigenvalue weighted by Crippen LogP contribution is 2.30. The SMILES string of the molecule is O=C(Oc1ccc([N+](=O)[O-])cc1)c1ccc(C=Nc2ccc(C(F)(F)F)cc2)cc1. The molecule has 0 spiro atoms. The number of hydrogen-bond acceptors (Lipinski definition) is 5. The number of rotatable bonds is 5. The molecule has 0 aliphatic rings. The van der Waals surface area contributed by atoms with Crippen LogP contribution in [0.3, 0.4) is 0 Å². The van der Waals surface area contributed by atoms with Gasteiger partial charge in [-0.05, 0) is 54.1 Å². The number of nitro benzene ring substituents is 1. The molecule has 0 bridgehead atoms. The van der Waals surface area contributed by atoms with E-state index >= 15 is 0 Å². The van der Waals surface area contributed by atoms with Crippen molar-refractivity contribution in [3.05, 3.63) is 99.6 Å². The van der Waals surface area contributed by atoms with Crippen LogP contribution in [0.1, 0.15) is 21.5 Å². The number of alkyl halides is 3. The molecule has 3 aromatic rings. The molecule has 0 radical (unpaired) electrons. The van der Waals surface area contributed by atoms with Gasteiger partial charge in [-0.15, -0.1) is 0 Å². The van der Waals surface area contributed by atoms with Crippen molar-refractivity contribution in [2.75, 3.05) is 0 Å². The summed E-state index contributed by atoms with van der Waals surface area (Å²) in [6.45, 7) is 0. The van der Waals surface area contributed by atoms with Crippen molar-refractivity contribution in [2.24, 2.45) is 4.99 Å². The van der Waals surface area contributed by atoms with E-state index in [1.165, 1.54) is 54.7 Å². The number of esters is 1. The Bertz CT molecular complexity index is 1080. The molecular formula is C21H13F3N2O4. The Morgan fingerprint density at radius 2 is 1.53 bits per heavy atom. The summed E-state index contributed by atoms with van der Waals surface area (Å²) >= 11 is 0. The summed E-state index contributed by atoms with van der Waals surface area (Å²) in [5.41, 5.74) is 0.357. The number of nitrogens with zero attached hydrogens (tertiary/aromatic N) is 2. The van der Waals surface area contributed by atoms with Crippen LogP contribution in [0.2, 0.25) is 0 Å². The predicted octanol–water partition coefficient (Wildman–Crippen LogP) is 5.58. The third-order valence-corrected chi connectivity index (χ3v) is 3.96. The molecule has 0 aliphatic carbocycles. The van der Waals surface area contributed by atoms with Crippen molar-refractivity contribution in [2.45, 2.75) is 6.18 Å². The maximum Gasteiger partial charge on any atom is 0.416 e. The third-order valence-electron chi connectivity index (χ3n) is 3.96. The lowest BCUT2D eigenvalue weighted by Gasteiger charge is -2.06. The number of nitro groups is 1. The van der Waals surface area contributed by atoms with Gasteiger partial charge in [-0.25, -0.2) is 4.79 Å². The van der Waals surface area contributed by atoms with Gasteiger partial charge in [-0.1, -0.05) is 12.1 Å². The van der Waals surface area contributed by atoms with Gasteiger partial charge in [0.15, 0.2) is 0 Å². The van der Waals surface area contributed by atoms with Crippen LogP contribution in [0.4, 0.5) is 24.5 Å². The summed E-state index contributed by atoms with van der Waals surface area (Å²) in [4.78, 5) is 26.3. The van der Waals surface area contributed by atoms with Gasteiger partial charge in [0.1, 0.15) is 5.75 Å². The summed E-state index contributed by atoms with van der Waals surface area (Å²) < 4.78 is 42.8. The number of carbonyl (C=O) groups is 1. The van der Waals surface area contributed by atoms with E-state index in [9.17, 15) is 28.1 Å². The van der Waals surface area contributed by atoms with Crippen molar-refractivity contribution in [3.8, 4) is 5.75 Å². The van der Waals surface area contributed by atoms with Gasteiger partial charge in [-0.2, -0.15) is 13.2 Å². The Morgan fingerprint density at radius 3 is 2.07 bits per heavy atom. The zero-order chi connectivity index (χ0) is 21.7. The lowest BCUT2D eigenvalue weighted by Crippen LogP contribution is -2.08. The average molecular weight is 414 g/mol. The van der Waals surface area contributed by atoms with Crippen LogP contribution < -0.4 is 4.74 Å². The van der Waals surface area contributed by atoms with Crippen molar-refractivity contribution in [3.63, 3.8) is 0 Å². The van der Waals surface area contributed by atoms with Crippen LogP contribution in [0.15, 0.2) is 77.8 Å². The van der Waals surface area contributed by atoms with Crippen LogP contribution in [0, 0.1) is 10.1 Å². The molecule has 0 saturated heterocycles. The number of ether oxygens (including phenoxy) is 1. The van der Waals surface area contributed by atoms with Crippen molar-refractivity contribution < 1.29 is 27.6 Å². The second kappa shape index (κ2) is 8.56. The highest BCUT2D eigenvalue weighted by atomic mass is 19.4. The van der Waals surface area contributed by atoms with E-state index in [4.69, 9.17) is 4.74 Å². The second-order valence-corrected chi connectivity index (χ2v) is 6.07. The highest BCUT2D eigenvalue weighted by molar-refractivity contribution is 5.92. The number of hydrogen-bond donors (Lipinski definition) is 0. The maximum atomic E-state index is 12.6. The van der Waals surface area contributed by atoms with Gasteiger partial charge in [0.05, 0.1) is 21.7 Å². The van der Waals surface area contributed by atoms with E-state index < -0.39 is 22.6 Å². The lowest BCUT2D eigenvalue weighted by molar-refractivity contribution is -0.384. The molecule has 3 rings (SSSR count). The molecule has 0 aliphatic heterocycles. The smallest absolute Gasteiger partial charge is 0.416 e. The zero-order valence-electron chi connectivity index (χ0n) is 15.2. The summed E-state index contributed by atoms with van der Waals surface area (Å²) in [7, 11) is 0. The minimum atomic E-state index is -4.40. The standard InChI is InChI=1S/C21H13F3N2O4/c22-21(23,24)16-5-7-17(8-6-16)25-13-14-1-3-15(4-2-14)20(27)30-19-11-9-18(10-12-19)26(28)29/h1-13H. The van der Waals surface area contributed by atoms with E-state index in [0.29, 0.717) is 11.3 Å². The topological polar surface area (TPSA) is 81.8 Å². The van der Waals surface area contributed by atoms with Crippen LogP contribution in [-0.2, 0) is 6.18 Å². The quantitative estimate of drug-likeness (QED) is 0.179. The number of benzene rings is 3. The predicted molar refractivity (Wildman–Crippen MR) is 103 cm³/mol. The molecule has 0 saturated carbocycles. The Morgan fingerprint density at radius 1 is 0.933 bits per heavy atom. The molecule has 0 fully saturated rings. The van der Waals surface area contributed by atoms with E-state index in [-0.39, 0.29) is 17.0 Å². The minimum Gasteiger partial charge on any atom is -0.423 e. The first-order valence-corrected chi connectivity index (χ1v) is 8.50. The molecule has 6 nitrogen and oxygen atoms in total. The van der Waals surface area contributed by atoms with Crippen LogP contribution in [-0.4, -0.2) is 17.1 Å². The minimum absolute atomic E-state index is 0.119. The fourth-order valence-electron chi connectivity index (χ4n) is 2.39. The average Bonchev–Trinajstić information content (AvgIpc) is 2.72. The molecule has 0 heterocycles. The molecule has 0 N–H and O–H groups in total. The van der Waals surface area contributed by atoms with Crippen LogP contribution in [0.5, 0.6) is 5.75 Å². The van der Waals surface area contributed by atoms with Gasteiger partial charge in [-0.3, -0.25) is 15.1 Å². The fourth-order valence-corrected chi connectivity index (χ4v) is 2.39. The third kappa shape index (κ3) is 5.28. The van der Waals surface area contributed by atoms with Crippen LogP contribution in [0.25, 0.3) is 0 Å². The molecule has 0 amide bonds. The largest absolute Gasteiger partial charge is 0.423 e. The van der Waals surface area contributed by atoms with E-state index in [2.05, 4.69) is 4.99 Å². The van der Waals surface area contributed by atoms with Gasteiger partial charge in [0.25, 0.3) is 5.69 Å². The number of aliphatic imine (C=N–C) groups is 1. The summed E-state index contributed by atoms with van der Waals surface area (Å²) in [6.07, 6.45) is -2.95. The van der Waals surface area contributed by atoms with Crippen molar-refractivity contribution in [1.29, 1.82) is 0 Å². The molecule has 152 valence electrons. The Hall–Kier alpha value is -4.01. The normalized spacial score (nSPS) is 11.4. The molecule has 0 aromatic heterocycles. The van der Waals surface area contributed by atoms with E-state index in [1.807, 2.05) is 0 Å². The van der Waals surface area contributed by atoms with Gasteiger partial charge >= 0.3 is 12.1 Å². The van der Waals surface area contributed by atoms with E-state index in [1.54, 1.807) is 12.1 Å². The first-order valence-electron chi connectivity index (χ1n) is 8.50. The molecule has 0 unspecified atom stereocenters. The Labute approximate surface area is 168 Å². The molecule has 0 atom stereocenters. The van der Waals surface area contributed by atoms with Gasteiger partial charge in [0.2, 0.25) is 0 Å². The first-order chi connectivity index (χ1) is 14.2. The lowest BCUT2D eigenvalue weighted by atomic mass is 10.1. The number of halogens is 3. The van der Waals surface area contributed by atoms with Crippen molar-refractivity contribution >= 4 is 23.6 Å². The summed E-state index contributed by atoms with van der Waals surface area (Å²) in [5, 5.41) is 10.6. The van der Waals surface area contributed by atoms with E-state index in [0.717, 1.165) is 12.1 Å². The second-order valence-electron chi connectivity index (χ2n) is 6.07. The number of non-ortho nitro benzene ring substituents is 1. The zero-order valence-corrected chi connectivity index (χ0v) is 15.2. The monoisotopic (exact) mass is 414 g/mol. The molecular weight excluding hydrogens is 401 g/mol. The van der Waals surface area contributed by atoms with Gasteiger partial charge in [0, 0.05) is 18.3 Å². The molecule has 9 heteroatoms. The Kier molecular flexibility index (Phi) is 5.91. The Balaban J connectivity index is 1.63. The number of carbonyl (C=O) groups excluding carboxylic acids is 1. The molecule has 3 aromatic carbocycles. The molecule has 30 heavy (non-hydrogen) atoms. The van der Waals surface area contributed by atoms with Gasteiger partial charge < -0.3 is 4.74 Å². The summed E-state index contributed by atoms with van der Waals surface area (Å²) in [5.74, 6) is -0.478. The maximum absolute atomic E-state index is 12.6. The summed E-state index contributed by atoms with van der Waals surface area (Å²) in [6, 6.07) is 15.7. The highest BCUT2D eigenvalue weighted by Gasteiger charge is 2.29. The first kappa shape index (κ1) is 20.7. The van der Waals surface area contributed by atoms with Crippen LogP contribution >= 0.6 is 0 Å². The van der Waals surface area contributed by atoms with Crippen molar-refractivity contribution in [1.82, 2.24) is 0 Å². The fraction of sp³-hybridized carbons (Fsp3) is 0.0476.